The van der Waals surface area contributed by atoms with Gasteiger partial charge in [-0.05, 0) is 18.9 Å². The molecule has 0 saturated heterocycles. The lowest BCUT2D eigenvalue weighted by Gasteiger charge is -2.11. The number of benzene rings is 1. The molecule has 2 heteroatoms. The van der Waals surface area contributed by atoms with E-state index in [0.29, 0.717) is 6.61 Å². The first kappa shape index (κ1) is 18.7. The Bertz CT molecular complexity index is 386. The molecule has 0 fully saturated rings. The van der Waals surface area contributed by atoms with E-state index in [0.717, 1.165) is 12.0 Å². The van der Waals surface area contributed by atoms with Crippen molar-refractivity contribution in [2.45, 2.75) is 77.6 Å². The van der Waals surface area contributed by atoms with Gasteiger partial charge in [-0.25, -0.2) is 0 Å². The number of carbonyl (C=O) groups is 1. The maximum absolute atomic E-state index is 12.0. The van der Waals surface area contributed by atoms with E-state index in [9.17, 15) is 4.79 Å². The van der Waals surface area contributed by atoms with E-state index in [2.05, 4.69) is 6.92 Å². The van der Waals surface area contributed by atoms with Crippen LogP contribution in [0.25, 0.3) is 0 Å². The third kappa shape index (κ3) is 8.21. The van der Waals surface area contributed by atoms with E-state index < -0.39 is 0 Å². The summed E-state index contributed by atoms with van der Waals surface area (Å²) in [7, 11) is 0. The molecule has 1 rings (SSSR count). The van der Waals surface area contributed by atoms with Crippen molar-refractivity contribution in [3.05, 3.63) is 35.9 Å². The summed E-state index contributed by atoms with van der Waals surface area (Å²) in [4.78, 5) is 12.0. The van der Waals surface area contributed by atoms with Crippen LogP contribution in [-0.4, -0.2) is 12.6 Å². The second-order valence-electron chi connectivity index (χ2n) is 6.13. The Labute approximate surface area is 136 Å². The molecule has 0 saturated carbocycles. The molecule has 0 aromatic heterocycles. The molecule has 1 unspecified atom stereocenters. The summed E-state index contributed by atoms with van der Waals surface area (Å²) < 4.78 is 5.38. The molecule has 0 aliphatic heterocycles. The van der Waals surface area contributed by atoms with E-state index in [1.54, 1.807) is 0 Å². The number of unbranched alkanes of at least 4 members (excludes halogenated alkanes) is 8. The van der Waals surface area contributed by atoms with Gasteiger partial charge in [0, 0.05) is 0 Å². The van der Waals surface area contributed by atoms with Crippen molar-refractivity contribution in [3.63, 3.8) is 0 Å². The zero-order chi connectivity index (χ0) is 16.0. The SMILES string of the molecule is CCCCCCCCCCCOC(=O)C(C)c1ccccc1. The predicted molar refractivity (Wildman–Crippen MR) is 93.0 cm³/mol. The highest BCUT2D eigenvalue weighted by Crippen LogP contribution is 2.16. The van der Waals surface area contributed by atoms with Crippen LogP contribution in [0.3, 0.4) is 0 Å². The van der Waals surface area contributed by atoms with Crippen molar-refractivity contribution in [3.8, 4) is 0 Å². The summed E-state index contributed by atoms with van der Waals surface area (Å²) in [6, 6.07) is 9.83. The fourth-order valence-electron chi connectivity index (χ4n) is 2.59. The molecule has 0 aliphatic rings. The van der Waals surface area contributed by atoms with E-state index in [-0.39, 0.29) is 11.9 Å². The van der Waals surface area contributed by atoms with Crippen molar-refractivity contribution >= 4 is 5.97 Å². The summed E-state index contributed by atoms with van der Waals surface area (Å²) >= 11 is 0. The van der Waals surface area contributed by atoms with E-state index in [1.165, 1.54) is 51.4 Å². The topological polar surface area (TPSA) is 26.3 Å². The fraction of sp³-hybridized carbons (Fsp3) is 0.650. The van der Waals surface area contributed by atoms with Crippen LogP contribution in [0.15, 0.2) is 30.3 Å². The zero-order valence-electron chi connectivity index (χ0n) is 14.4. The van der Waals surface area contributed by atoms with Crippen LogP contribution < -0.4 is 0 Å². The Hall–Kier alpha value is -1.31. The smallest absolute Gasteiger partial charge is 0.313 e. The molecule has 2 nitrogen and oxygen atoms in total. The summed E-state index contributed by atoms with van der Waals surface area (Å²) in [5.74, 6) is -0.273. The van der Waals surface area contributed by atoms with Gasteiger partial charge in [-0.1, -0.05) is 88.6 Å². The Kier molecular flexibility index (Phi) is 10.4. The third-order valence-corrected chi connectivity index (χ3v) is 4.15. The van der Waals surface area contributed by atoms with Crippen LogP contribution >= 0.6 is 0 Å². The van der Waals surface area contributed by atoms with Crippen LogP contribution in [0.4, 0.5) is 0 Å². The summed E-state index contributed by atoms with van der Waals surface area (Å²) in [5, 5.41) is 0. The van der Waals surface area contributed by atoms with Gasteiger partial charge < -0.3 is 4.74 Å². The quantitative estimate of drug-likeness (QED) is 0.357. The molecule has 1 aromatic rings. The summed E-state index contributed by atoms with van der Waals surface area (Å²) in [6.07, 6.45) is 11.5. The lowest BCUT2D eigenvalue weighted by atomic mass is 10.0. The maximum Gasteiger partial charge on any atom is 0.313 e. The number of hydrogen-bond donors (Lipinski definition) is 0. The summed E-state index contributed by atoms with van der Waals surface area (Å²) in [6.45, 7) is 4.72. The van der Waals surface area contributed by atoms with Crippen LogP contribution in [0.2, 0.25) is 0 Å². The van der Waals surface area contributed by atoms with Crippen LogP contribution in [0.1, 0.15) is 83.1 Å². The van der Waals surface area contributed by atoms with Gasteiger partial charge >= 0.3 is 5.97 Å². The number of hydrogen-bond acceptors (Lipinski definition) is 2. The van der Waals surface area contributed by atoms with Crippen molar-refractivity contribution in [1.82, 2.24) is 0 Å². The lowest BCUT2D eigenvalue weighted by Crippen LogP contribution is -2.13. The van der Waals surface area contributed by atoms with Gasteiger partial charge in [-0.2, -0.15) is 0 Å². The van der Waals surface area contributed by atoms with Gasteiger partial charge in [0.25, 0.3) is 0 Å². The maximum atomic E-state index is 12.0. The van der Waals surface area contributed by atoms with Crippen LogP contribution in [0.5, 0.6) is 0 Å². The van der Waals surface area contributed by atoms with Gasteiger partial charge in [0.1, 0.15) is 0 Å². The molecule has 0 amide bonds. The van der Waals surface area contributed by atoms with Crippen molar-refractivity contribution in [2.75, 3.05) is 6.61 Å². The van der Waals surface area contributed by atoms with Gasteiger partial charge in [0.05, 0.1) is 12.5 Å². The minimum atomic E-state index is -0.167. The molecule has 124 valence electrons. The van der Waals surface area contributed by atoms with Gasteiger partial charge in [-0.3, -0.25) is 4.79 Å². The fourth-order valence-corrected chi connectivity index (χ4v) is 2.59. The predicted octanol–water partition coefficient (Wildman–Crippen LogP) is 5.86. The first-order chi connectivity index (χ1) is 10.8. The molecule has 22 heavy (non-hydrogen) atoms. The average molecular weight is 304 g/mol. The standard InChI is InChI=1S/C20H32O2/c1-3-4-5-6-7-8-9-10-14-17-22-20(21)18(2)19-15-12-11-13-16-19/h11-13,15-16,18H,3-10,14,17H2,1-2H3. The van der Waals surface area contributed by atoms with E-state index in [1.807, 2.05) is 37.3 Å². The molecule has 1 atom stereocenters. The van der Waals surface area contributed by atoms with Crippen molar-refractivity contribution in [2.24, 2.45) is 0 Å². The Morgan fingerprint density at radius 3 is 2.05 bits per heavy atom. The Morgan fingerprint density at radius 1 is 0.909 bits per heavy atom. The van der Waals surface area contributed by atoms with Gasteiger partial charge in [-0.15, -0.1) is 0 Å². The normalized spacial score (nSPS) is 12.1. The second kappa shape index (κ2) is 12.3. The molecule has 0 spiro atoms. The monoisotopic (exact) mass is 304 g/mol. The highest BCUT2D eigenvalue weighted by atomic mass is 16.5. The molecule has 1 aromatic carbocycles. The summed E-state index contributed by atoms with van der Waals surface area (Å²) in [5.41, 5.74) is 1.03. The molecular formula is C20H32O2. The molecule has 0 radical (unpaired) electrons. The minimum Gasteiger partial charge on any atom is -0.465 e. The Balaban J connectivity index is 1.99. The van der Waals surface area contributed by atoms with Crippen LogP contribution in [0, 0.1) is 0 Å². The molecule has 0 bridgehead atoms. The van der Waals surface area contributed by atoms with Crippen molar-refractivity contribution in [1.29, 1.82) is 0 Å². The number of ether oxygens (including phenoxy) is 1. The zero-order valence-corrected chi connectivity index (χ0v) is 14.4. The average Bonchev–Trinajstić information content (AvgIpc) is 2.56. The molecule has 0 aliphatic carbocycles. The third-order valence-electron chi connectivity index (χ3n) is 4.15. The highest BCUT2D eigenvalue weighted by molar-refractivity contribution is 5.77. The number of carbonyl (C=O) groups excluding carboxylic acids is 1. The van der Waals surface area contributed by atoms with Gasteiger partial charge in [0.2, 0.25) is 0 Å². The van der Waals surface area contributed by atoms with E-state index >= 15 is 0 Å². The molecule has 0 N–H and O–H groups in total. The van der Waals surface area contributed by atoms with Crippen LogP contribution in [-0.2, 0) is 9.53 Å². The van der Waals surface area contributed by atoms with Gasteiger partial charge in [0.15, 0.2) is 0 Å². The minimum absolute atomic E-state index is 0.106. The number of esters is 1. The van der Waals surface area contributed by atoms with Crippen molar-refractivity contribution < 1.29 is 9.53 Å². The highest BCUT2D eigenvalue weighted by Gasteiger charge is 2.15. The first-order valence-corrected chi connectivity index (χ1v) is 8.97. The Morgan fingerprint density at radius 2 is 1.45 bits per heavy atom. The van der Waals surface area contributed by atoms with E-state index in [4.69, 9.17) is 4.74 Å². The second-order valence-corrected chi connectivity index (χ2v) is 6.13. The first-order valence-electron chi connectivity index (χ1n) is 8.97. The number of rotatable bonds is 12. The lowest BCUT2D eigenvalue weighted by molar-refractivity contribution is -0.145. The molecule has 0 heterocycles. The molecular weight excluding hydrogens is 272 g/mol. The largest absolute Gasteiger partial charge is 0.465 e.